The van der Waals surface area contributed by atoms with Crippen LogP contribution in [0, 0.1) is 10.1 Å². The Morgan fingerprint density at radius 2 is 1.97 bits per heavy atom. The first-order valence-corrected chi connectivity index (χ1v) is 10.6. The topological polar surface area (TPSA) is 98.3 Å². The summed E-state index contributed by atoms with van der Waals surface area (Å²) in [6.45, 7) is 2.58. The van der Waals surface area contributed by atoms with E-state index in [1.807, 2.05) is 41.8 Å². The molecule has 0 atom stereocenters. The van der Waals surface area contributed by atoms with E-state index in [0.717, 1.165) is 27.3 Å². The van der Waals surface area contributed by atoms with Crippen molar-refractivity contribution in [2.45, 2.75) is 19.9 Å². The van der Waals surface area contributed by atoms with Crippen molar-refractivity contribution < 1.29 is 10.0 Å². The molecule has 8 heteroatoms. The number of aryl methyl sites for hydroxylation is 1. The molecule has 5 rings (SSSR count). The molecule has 4 aromatic rings. The summed E-state index contributed by atoms with van der Waals surface area (Å²) in [4.78, 5) is 29.6. The van der Waals surface area contributed by atoms with E-state index in [0.29, 0.717) is 28.9 Å². The van der Waals surface area contributed by atoms with Crippen molar-refractivity contribution >= 4 is 38.6 Å². The molecule has 0 spiro atoms. The molecule has 0 unspecified atom stereocenters. The van der Waals surface area contributed by atoms with Gasteiger partial charge in [0.05, 0.1) is 22.4 Å². The molecule has 0 bridgehead atoms. The van der Waals surface area contributed by atoms with Crippen molar-refractivity contribution in [3.63, 3.8) is 0 Å². The smallest absolute Gasteiger partial charge is 0.281 e. The fourth-order valence-corrected chi connectivity index (χ4v) is 5.01. The zero-order valence-corrected chi connectivity index (χ0v) is 17.3. The Hall–Kier alpha value is -3.78. The van der Waals surface area contributed by atoms with Gasteiger partial charge in [0.25, 0.3) is 11.2 Å². The van der Waals surface area contributed by atoms with Crippen molar-refractivity contribution in [3.8, 4) is 0 Å². The van der Waals surface area contributed by atoms with E-state index in [4.69, 9.17) is 0 Å². The van der Waals surface area contributed by atoms with Crippen molar-refractivity contribution in [2.24, 2.45) is 0 Å². The number of aliphatic hydroxyl groups is 1. The van der Waals surface area contributed by atoms with E-state index in [1.165, 1.54) is 24.3 Å². The summed E-state index contributed by atoms with van der Waals surface area (Å²) in [5, 5.41) is 22.8. The van der Waals surface area contributed by atoms with Crippen LogP contribution < -0.4 is 5.56 Å². The second-order valence-corrected chi connectivity index (χ2v) is 8.41. The Bertz CT molecular complexity index is 1450. The van der Waals surface area contributed by atoms with E-state index in [1.54, 1.807) is 11.3 Å². The number of fused-ring (bicyclic) bond motifs is 4. The van der Waals surface area contributed by atoms with Gasteiger partial charge in [0.15, 0.2) is 0 Å². The lowest BCUT2D eigenvalue weighted by Crippen LogP contribution is -2.23. The third kappa shape index (κ3) is 3.03. The van der Waals surface area contributed by atoms with E-state index in [2.05, 4.69) is 4.98 Å². The monoisotopic (exact) mass is 431 g/mol. The first-order chi connectivity index (χ1) is 15.0. The van der Waals surface area contributed by atoms with Crippen molar-refractivity contribution in [3.05, 3.63) is 102 Å². The third-order valence-electron chi connectivity index (χ3n) is 5.48. The van der Waals surface area contributed by atoms with Gasteiger partial charge in [-0.05, 0) is 35.7 Å². The molecular weight excluding hydrogens is 414 g/mol. The average Bonchev–Trinajstić information content (AvgIpc) is 3.23. The predicted octanol–water partition coefficient (Wildman–Crippen LogP) is 4.76. The SMILES string of the molecule is CCc1cc2c(=O)nc3n(c2s1)Cc1ccccc1/C3=C(\O)c1ccc([N+](=O)[O-])cc1. The molecule has 2 aromatic carbocycles. The van der Waals surface area contributed by atoms with Gasteiger partial charge in [-0.3, -0.25) is 14.9 Å². The summed E-state index contributed by atoms with van der Waals surface area (Å²) < 4.78 is 1.97. The van der Waals surface area contributed by atoms with E-state index in [-0.39, 0.29) is 17.0 Å². The number of hydrogen-bond acceptors (Lipinski definition) is 6. The molecule has 154 valence electrons. The average molecular weight is 431 g/mol. The molecule has 0 amide bonds. The first-order valence-electron chi connectivity index (χ1n) is 9.78. The standard InChI is InChI=1S/C23H17N3O4S/c1-2-16-11-18-22(28)24-21-19(20(27)13-7-9-15(10-8-13)26(29)30)17-6-4-3-5-14(17)12-25(21)23(18)31-16/h3-11,27H,2,12H2,1H3/b20-19+. The highest BCUT2D eigenvalue weighted by Gasteiger charge is 2.27. The van der Waals surface area contributed by atoms with Crippen LogP contribution in [0.4, 0.5) is 5.69 Å². The Balaban J connectivity index is 1.82. The van der Waals surface area contributed by atoms with Crippen LogP contribution in [0.15, 0.2) is 59.4 Å². The number of aliphatic hydroxyl groups excluding tert-OH is 1. The Morgan fingerprint density at radius 3 is 2.68 bits per heavy atom. The van der Waals surface area contributed by atoms with Gasteiger partial charge >= 0.3 is 0 Å². The highest BCUT2D eigenvalue weighted by Crippen LogP contribution is 2.38. The summed E-state index contributed by atoms with van der Waals surface area (Å²) in [7, 11) is 0. The van der Waals surface area contributed by atoms with Crippen LogP contribution in [0.25, 0.3) is 21.5 Å². The number of nitro benzene ring substituents is 1. The summed E-state index contributed by atoms with van der Waals surface area (Å²) in [5.41, 5.74) is 2.26. The number of aromatic nitrogens is 2. The predicted molar refractivity (Wildman–Crippen MR) is 120 cm³/mol. The minimum Gasteiger partial charge on any atom is -0.507 e. The largest absolute Gasteiger partial charge is 0.507 e. The fourth-order valence-electron chi connectivity index (χ4n) is 3.92. The highest BCUT2D eigenvalue weighted by molar-refractivity contribution is 7.18. The molecule has 1 aliphatic heterocycles. The van der Waals surface area contributed by atoms with Crippen LogP contribution in [-0.2, 0) is 13.0 Å². The summed E-state index contributed by atoms with van der Waals surface area (Å²) in [5.74, 6) is 0.325. The summed E-state index contributed by atoms with van der Waals surface area (Å²) in [6.07, 6.45) is 0.821. The van der Waals surface area contributed by atoms with Crippen LogP contribution in [-0.4, -0.2) is 19.6 Å². The second-order valence-electron chi connectivity index (χ2n) is 7.30. The van der Waals surface area contributed by atoms with E-state index >= 15 is 0 Å². The molecule has 31 heavy (non-hydrogen) atoms. The molecule has 1 aliphatic rings. The molecule has 0 saturated heterocycles. The molecular formula is C23H17N3O4S. The molecule has 0 radical (unpaired) electrons. The maximum Gasteiger partial charge on any atom is 0.281 e. The molecule has 7 nitrogen and oxygen atoms in total. The number of non-ortho nitro benzene ring substituents is 1. The van der Waals surface area contributed by atoms with Gasteiger partial charge in [-0.25, -0.2) is 0 Å². The molecule has 0 fully saturated rings. The van der Waals surface area contributed by atoms with Gasteiger partial charge in [0.2, 0.25) is 0 Å². The minimum absolute atomic E-state index is 0.0623. The van der Waals surface area contributed by atoms with Gasteiger partial charge < -0.3 is 9.67 Å². The summed E-state index contributed by atoms with van der Waals surface area (Å²) >= 11 is 1.56. The van der Waals surface area contributed by atoms with Crippen LogP contribution in [0.2, 0.25) is 0 Å². The first kappa shape index (κ1) is 19.2. The number of benzene rings is 2. The lowest BCUT2D eigenvalue weighted by Gasteiger charge is -2.25. The molecule has 0 aliphatic carbocycles. The quantitative estimate of drug-likeness (QED) is 0.252. The van der Waals surface area contributed by atoms with Gasteiger partial charge in [0.1, 0.15) is 16.4 Å². The Morgan fingerprint density at radius 1 is 1.23 bits per heavy atom. The van der Waals surface area contributed by atoms with Gasteiger partial charge in [-0.1, -0.05) is 31.2 Å². The molecule has 0 saturated carbocycles. The normalized spacial score (nSPS) is 14.2. The molecule has 3 heterocycles. The van der Waals surface area contributed by atoms with Crippen LogP contribution in [0.1, 0.15) is 34.3 Å². The number of nitro groups is 1. The van der Waals surface area contributed by atoms with E-state index in [9.17, 15) is 20.0 Å². The van der Waals surface area contributed by atoms with Crippen molar-refractivity contribution in [1.82, 2.24) is 9.55 Å². The zero-order valence-electron chi connectivity index (χ0n) is 16.5. The number of nitrogens with zero attached hydrogens (tertiary/aromatic N) is 3. The fraction of sp³-hybridized carbons (Fsp3) is 0.130. The third-order valence-corrected chi connectivity index (χ3v) is 6.78. The number of rotatable bonds is 3. The highest BCUT2D eigenvalue weighted by atomic mass is 32.1. The maximum atomic E-state index is 12.8. The number of thiophene rings is 1. The maximum absolute atomic E-state index is 12.8. The zero-order chi connectivity index (χ0) is 21.7. The van der Waals surface area contributed by atoms with Crippen LogP contribution in [0.3, 0.4) is 0 Å². The minimum atomic E-state index is -0.487. The second kappa shape index (κ2) is 7.17. The van der Waals surface area contributed by atoms with E-state index < -0.39 is 4.92 Å². The van der Waals surface area contributed by atoms with Crippen LogP contribution >= 0.6 is 11.3 Å². The lowest BCUT2D eigenvalue weighted by atomic mass is 9.92. The lowest BCUT2D eigenvalue weighted by molar-refractivity contribution is -0.384. The molecule has 1 N–H and O–H groups in total. The van der Waals surface area contributed by atoms with Crippen LogP contribution in [0.5, 0.6) is 0 Å². The van der Waals surface area contributed by atoms with Gasteiger partial charge in [-0.15, -0.1) is 11.3 Å². The Kier molecular flexibility index (Phi) is 4.44. The number of hydrogen-bond donors (Lipinski definition) is 1. The van der Waals surface area contributed by atoms with Crippen molar-refractivity contribution in [2.75, 3.05) is 0 Å². The van der Waals surface area contributed by atoms with Gasteiger partial charge in [0, 0.05) is 22.6 Å². The summed E-state index contributed by atoms with van der Waals surface area (Å²) in [6, 6.07) is 15.3. The van der Waals surface area contributed by atoms with Gasteiger partial charge in [-0.2, -0.15) is 4.98 Å². The Labute approximate surface area is 180 Å². The molecule has 2 aromatic heterocycles. The van der Waals surface area contributed by atoms with Crippen molar-refractivity contribution in [1.29, 1.82) is 0 Å².